The lowest BCUT2D eigenvalue weighted by Crippen LogP contribution is -2.07. The summed E-state index contributed by atoms with van der Waals surface area (Å²) in [5.74, 6) is 0.925. The zero-order valence-corrected chi connectivity index (χ0v) is 15.0. The van der Waals surface area contributed by atoms with Crippen LogP contribution in [0.25, 0.3) is 6.08 Å². The summed E-state index contributed by atoms with van der Waals surface area (Å²) in [6, 6.07) is 15.0. The molecule has 6 heteroatoms. The maximum Gasteiger partial charge on any atom is 0.379 e. The molecular formula is C22H16O6. The molecule has 0 unspecified atom stereocenters. The number of ketones is 1. The van der Waals surface area contributed by atoms with Crippen LogP contribution in [0.4, 0.5) is 0 Å². The van der Waals surface area contributed by atoms with Gasteiger partial charge in [-0.1, -0.05) is 12.1 Å². The van der Waals surface area contributed by atoms with Crippen molar-refractivity contribution in [2.24, 2.45) is 0 Å². The van der Waals surface area contributed by atoms with E-state index in [1.807, 2.05) is 6.92 Å². The fourth-order valence-corrected chi connectivity index (χ4v) is 2.79. The number of allylic oxidation sites excluding steroid dienone is 1. The van der Waals surface area contributed by atoms with Crippen molar-refractivity contribution in [2.45, 2.75) is 6.92 Å². The van der Waals surface area contributed by atoms with E-state index in [-0.39, 0.29) is 17.3 Å². The molecule has 0 aliphatic carbocycles. The summed E-state index contributed by atoms with van der Waals surface area (Å²) in [5.41, 5.74) is 1.14. The highest BCUT2D eigenvalue weighted by Crippen LogP contribution is 2.35. The third kappa shape index (κ3) is 3.53. The lowest BCUT2D eigenvalue weighted by Gasteiger charge is -2.04. The average Bonchev–Trinajstić information content (AvgIpc) is 3.32. The quantitative estimate of drug-likeness (QED) is 0.370. The van der Waals surface area contributed by atoms with Gasteiger partial charge in [0.2, 0.25) is 11.5 Å². The molecule has 0 N–H and O–H groups in total. The van der Waals surface area contributed by atoms with Gasteiger partial charge in [0.1, 0.15) is 17.2 Å². The van der Waals surface area contributed by atoms with E-state index in [0.29, 0.717) is 35.0 Å². The molecule has 0 spiro atoms. The van der Waals surface area contributed by atoms with E-state index in [2.05, 4.69) is 0 Å². The topological polar surface area (TPSA) is 75.0 Å². The number of carbonyl (C=O) groups is 2. The Morgan fingerprint density at radius 1 is 1.07 bits per heavy atom. The van der Waals surface area contributed by atoms with Crippen LogP contribution in [0.15, 0.2) is 71.0 Å². The van der Waals surface area contributed by atoms with Gasteiger partial charge in [-0.05, 0) is 55.0 Å². The first-order chi connectivity index (χ1) is 13.6. The van der Waals surface area contributed by atoms with Crippen LogP contribution in [-0.4, -0.2) is 18.4 Å². The Balaban J connectivity index is 1.54. The van der Waals surface area contributed by atoms with Crippen LogP contribution in [0.1, 0.15) is 33.4 Å². The van der Waals surface area contributed by atoms with Crippen LogP contribution >= 0.6 is 0 Å². The van der Waals surface area contributed by atoms with Crippen molar-refractivity contribution in [2.75, 3.05) is 6.61 Å². The molecule has 28 heavy (non-hydrogen) atoms. The maximum atomic E-state index is 12.6. The van der Waals surface area contributed by atoms with Crippen LogP contribution in [-0.2, 0) is 0 Å². The van der Waals surface area contributed by atoms with E-state index in [0.717, 1.165) is 0 Å². The van der Waals surface area contributed by atoms with Crippen molar-refractivity contribution >= 4 is 17.8 Å². The largest absolute Gasteiger partial charge is 0.494 e. The zero-order chi connectivity index (χ0) is 19.5. The molecule has 0 fully saturated rings. The summed E-state index contributed by atoms with van der Waals surface area (Å²) >= 11 is 0. The number of furan rings is 1. The number of rotatable bonds is 5. The Morgan fingerprint density at radius 3 is 2.75 bits per heavy atom. The smallest absolute Gasteiger partial charge is 0.379 e. The summed E-state index contributed by atoms with van der Waals surface area (Å²) < 4.78 is 21.4. The van der Waals surface area contributed by atoms with Crippen molar-refractivity contribution in [1.29, 1.82) is 0 Å². The second-order valence-electron chi connectivity index (χ2n) is 5.97. The minimum absolute atomic E-state index is 0.110. The molecule has 0 saturated carbocycles. The Bertz CT molecular complexity index is 1060. The van der Waals surface area contributed by atoms with Crippen molar-refractivity contribution in [3.05, 3.63) is 83.5 Å². The number of carbonyl (C=O) groups excluding carboxylic acids is 2. The van der Waals surface area contributed by atoms with Crippen molar-refractivity contribution in [3.8, 4) is 17.2 Å². The monoisotopic (exact) mass is 376 g/mol. The number of hydrogen-bond donors (Lipinski definition) is 0. The van der Waals surface area contributed by atoms with Crippen molar-refractivity contribution in [1.82, 2.24) is 0 Å². The Labute approximate surface area is 160 Å². The predicted molar refractivity (Wildman–Crippen MR) is 101 cm³/mol. The number of hydrogen-bond acceptors (Lipinski definition) is 6. The van der Waals surface area contributed by atoms with E-state index in [9.17, 15) is 9.59 Å². The fourth-order valence-electron chi connectivity index (χ4n) is 2.79. The molecule has 3 aromatic rings. The molecule has 0 atom stereocenters. The highest BCUT2D eigenvalue weighted by atomic mass is 16.5. The molecule has 0 amide bonds. The maximum absolute atomic E-state index is 12.6. The molecule has 4 rings (SSSR count). The fraction of sp³-hybridized carbons (Fsp3) is 0.0909. The Kier molecular flexibility index (Phi) is 4.68. The summed E-state index contributed by atoms with van der Waals surface area (Å²) in [6.07, 6.45) is 3.00. The minimum atomic E-state index is -0.598. The molecule has 0 radical (unpaired) electrons. The lowest BCUT2D eigenvalue weighted by molar-refractivity contribution is 0.0701. The van der Waals surface area contributed by atoms with Crippen molar-refractivity contribution < 1.29 is 28.2 Å². The van der Waals surface area contributed by atoms with Crippen molar-refractivity contribution in [3.63, 3.8) is 0 Å². The summed E-state index contributed by atoms with van der Waals surface area (Å²) in [5, 5.41) is 0. The van der Waals surface area contributed by atoms with Gasteiger partial charge in [0.05, 0.1) is 18.4 Å². The van der Waals surface area contributed by atoms with E-state index < -0.39 is 5.97 Å². The zero-order valence-electron chi connectivity index (χ0n) is 15.0. The molecular weight excluding hydrogens is 360 g/mol. The van der Waals surface area contributed by atoms with Crippen LogP contribution in [0.5, 0.6) is 17.2 Å². The molecule has 0 saturated heterocycles. The highest BCUT2D eigenvalue weighted by Gasteiger charge is 2.27. The van der Waals surface area contributed by atoms with E-state index in [1.54, 1.807) is 54.6 Å². The third-order valence-electron chi connectivity index (χ3n) is 4.04. The Hall–Kier alpha value is -3.80. The number of ether oxygens (including phenoxy) is 3. The highest BCUT2D eigenvalue weighted by molar-refractivity contribution is 6.14. The van der Waals surface area contributed by atoms with E-state index in [4.69, 9.17) is 18.6 Å². The number of esters is 1. The van der Waals surface area contributed by atoms with Gasteiger partial charge in [0, 0.05) is 6.07 Å². The predicted octanol–water partition coefficient (Wildman–Crippen LogP) is 4.51. The number of Topliss-reactive ketones (excluding diaryl/α,β-unsaturated/α-hetero) is 1. The Morgan fingerprint density at radius 2 is 1.96 bits per heavy atom. The van der Waals surface area contributed by atoms with Gasteiger partial charge in [-0.3, -0.25) is 4.79 Å². The first kappa shape index (κ1) is 17.6. The SMILES string of the molecule is CCOc1ccc2c(c1)O/C(=C\c1cccc(OC(=O)c3ccco3)c1)C2=O. The molecule has 6 nitrogen and oxygen atoms in total. The van der Waals surface area contributed by atoms with Gasteiger partial charge in [-0.15, -0.1) is 0 Å². The first-order valence-corrected chi connectivity index (χ1v) is 8.71. The molecule has 2 heterocycles. The second-order valence-corrected chi connectivity index (χ2v) is 5.97. The molecule has 0 bridgehead atoms. The standard InChI is InChI=1S/C22H16O6/c1-2-25-15-8-9-17-19(13-15)28-20(21(17)23)12-14-5-3-6-16(11-14)27-22(24)18-7-4-10-26-18/h3-13H,2H2,1H3/b20-12-. The number of benzene rings is 2. The van der Waals surface area contributed by atoms with Gasteiger partial charge in [0.15, 0.2) is 5.76 Å². The lowest BCUT2D eigenvalue weighted by atomic mass is 10.1. The minimum Gasteiger partial charge on any atom is -0.494 e. The molecule has 1 aliphatic rings. The third-order valence-corrected chi connectivity index (χ3v) is 4.04. The van der Waals surface area contributed by atoms with Gasteiger partial charge in [0.25, 0.3) is 0 Å². The van der Waals surface area contributed by atoms with Crippen LogP contribution < -0.4 is 14.2 Å². The molecule has 140 valence electrons. The normalized spacial score (nSPS) is 13.9. The first-order valence-electron chi connectivity index (χ1n) is 8.71. The second kappa shape index (κ2) is 7.44. The molecule has 1 aliphatic heterocycles. The van der Waals surface area contributed by atoms with Crippen LogP contribution in [0, 0.1) is 0 Å². The van der Waals surface area contributed by atoms with E-state index >= 15 is 0 Å². The van der Waals surface area contributed by atoms with Crippen LogP contribution in [0.3, 0.4) is 0 Å². The summed E-state index contributed by atoms with van der Waals surface area (Å²) in [4.78, 5) is 24.6. The van der Waals surface area contributed by atoms with Gasteiger partial charge in [-0.2, -0.15) is 0 Å². The summed E-state index contributed by atoms with van der Waals surface area (Å²) in [6.45, 7) is 2.41. The molecule has 2 aromatic carbocycles. The molecule has 1 aromatic heterocycles. The summed E-state index contributed by atoms with van der Waals surface area (Å²) in [7, 11) is 0. The number of fused-ring (bicyclic) bond motifs is 1. The van der Waals surface area contributed by atoms with Gasteiger partial charge < -0.3 is 18.6 Å². The average molecular weight is 376 g/mol. The van der Waals surface area contributed by atoms with E-state index in [1.165, 1.54) is 12.3 Å². The van der Waals surface area contributed by atoms with Crippen LogP contribution in [0.2, 0.25) is 0 Å². The van der Waals surface area contributed by atoms with Gasteiger partial charge in [-0.25, -0.2) is 4.79 Å². The van der Waals surface area contributed by atoms with Gasteiger partial charge >= 0.3 is 5.97 Å².